The van der Waals surface area contributed by atoms with Crippen LogP contribution in [-0.2, 0) is 44.6 Å². The average Bonchev–Trinajstić information content (AvgIpc) is 3.28. The van der Waals surface area contributed by atoms with Crippen LogP contribution in [0.3, 0.4) is 0 Å². The third-order valence-corrected chi connectivity index (χ3v) is 9.26. The lowest BCUT2D eigenvalue weighted by molar-refractivity contribution is -0.154. The summed E-state index contributed by atoms with van der Waals surface area (Å²) in [7, 11) is 0. The van der Waals surface area contributed by atoms with Crippen LogP contribution in [0.15, 0.2) is 48.2 Å². The predicted molar refractivity (Wildman–Crippen MR) is 185 cm³/mol. The molecule has 0 aromatic heterocycles. The van der Waals surface area contributed by atoms with Gasteiger partial charge in [0.05, 0.1) is 45.7 Å². The Labute approximate surface area is 286 Å². The molecule has 0 bridgehead atoms. The van der Waals surface area contributed by atoms with Crippen molar-refractivity contribution >= 4 is 17.4 Å². The summed E-state index contributed by atoms with van der Waals surface area (Å²) >= 11 is 0. The van der Waals surface area contributed by atoms with Crippen LogP contribution in [0.25, 0.3) is 5.57 Å². The molecule has 1 N–H and O–H groups in total. The van der Waals surface area contributed by atoms with Crippen molar-refractivity contribution in [3.63, 3.8) is 0 Å². The molecule has 9 heteroatoms. The molecule has 2 aromatic carbocycles. The highest BCUT2D eigenvalue weighted by molar-refractivity contribution is 6.20. The van der Waals surface area contributed by atoms with Crippen LogP contribution in [0.4, 0.5) is 0 Å². The van der Waals surface area contributed by atoms with E-state index in [2.05, 4.69) is 45.1 Å². The normalized spacial score (nSPS) is 20.2. The maximum absolute atomic E-state index is 13.6. The molecule has 1 amide bonds. The summed E-state index contributed by atoms with van der Waals surface area (Å²) in [6, 6.07) is 14.3. The van der Waals surface area contributed by atoms with Gasteiger partial charge in [-0.2, -0.15) is 0 Å². The first-order valence-electron chi connectivity index (χ1n) is 17.3. The van der Waals surface area contributed by atoms with Crippen molar-refractivity contribution in [3.05, 3.63) is 76.0 Å². The molecule has 1 heterocycles. The number of aryl methyl sites for hydroxylation is 3. The van der Waals surface area contributed by atoms with Crippen LogP contribution in [-0.4, -0.2) is 75.9 Å². The smallest absolute Gasteiger partial charge is 0.343 e. The summed E-state index contributed by atoms with van der Waals surface area (Å²) in [5.41, 5.74) is 4.95. The van der Waals surface area contributed by atoms with E-state index in [9.17, 15) is 9.59 Å². The average molecular weight is 666 g/mol. The van der Waals surface area contributed by atoms with Gasteiger partial charge in [-0.05, 0) is 81.0 Å². The number of nitrogens with one attached hydrogen (secondary N) is 1. The highest BCUT2D eigenvalue weighted by atomic mass is 16.6. The van der Waals surface area contributed by atoms with E-state index in [1.165, 1.54) is 0 Å². The predicted octanol–water partition coefficient (Wildman–Crippen LogP) is 6.40. The molecule has 9 nitrogen and oxygen atoms in total. The van der Waals surface area contributed by atoms with Crippen LogP contribution in [0.1, 0.15) is 81.2 Å². The number of carbonyl (C=O) groups is 2. The van der Waals surface area contributed by atoms with Crippen molar-refractivity contribution in [2.75, 3.05) is 46.2 Å². The standard InChI is InChI=1S/C39H55NO8/c1-27-23-28(2)34(29(3)24-27)35-36(47-25-31-11-9-8-10-12-31)39(48-37(35)42)15-13-32(14-16-39)46-22-21-44-18-17-43-19-20-45-26-33(41)40-30(4)38(5,6)7/h8-12,23-24,30,32H,13-22,25-26H2,1-7H3,(H,40,41). The van der Waals surface area contributed by atoms with E-state index < -0.39 is 5.60 Å². The zero-order valence-electron chi connectivity index (χ0n) is 29.9. The Morgan fingerprint density at radius 3 is 2.10 bits per heavy atom. The molecule has 2 aliphatic rings. The second-order valence-electron chi connectivity index (χ2n) is 14.1. The van der Waals surface area contributed by atoms with E-state index in [1.54, 1.807) is 0 Å². The van der Waals surface area contributed by atoms with E-state index in [0.717, 1.165) is 40.7 Å². The molecule has 1 fully saturated rings. The quantitative estimate of drug-likeness (QED) is 0.153. The second-order valence-corrected chi connectivity index (χ2v) is 14.1. The van der Waals surface area contributed by atoms with Crippen LogP contribution >= 0.6 is 0 Å². The van der Waals surface area contributed by atoms with E-state index in [0.29, 0.717) is 70.4 Å². The lowest BCUT2D eigenvalue weighted by Crippen LogP contribution is -2.43. The van der Waals surface area contributed by atoms with Gasteiger partial charge in [0.25, 0.3) is 0 Å². The molecule has 0 radical (unpaired) electrons. The van der Waals surface area contributed by atoms with Crippen molar-refractivity contribution in [1.29, 1.82) is 0 Å². The number of esters is 1. The first-order valence-corrected chi connectivity index (χ1v) is 17.3. The lowest BCUT2D eigenvalue weighted by Gasteiger charge is -2.37. The third-order valence-electron chi connectivity index (χ3n) is 9.26. The van der Waals surface area contributed by atoms with Gasteiger partial charge < -0.3 is 33.7 Å². The summed E-state index contributed by atoms with van der Waals surface area (Å²) in [5.74, 6) is 0.214. The minimum Gasteiger partial charge on any atom is -0.488 e. The molecule has 1 saturated carbocycles. The largest absolute Gasteiger partial charge is 0.488 e. The summed E-state index contributed by atoms with van der Waals surface area (Å²) in [6.07, 6.45) is 2.82. The van der Waals surface area contributed by atoms with Gasteiger partial charge in [0.1, 0.15) is 18.8 Å². The van der Waals surface area contributed by atoms with Crippen molar-refractivity contribution in [2.45, 2.75) is 98.5 Å². The molecule has 1 atom stereocenters. The minimum atomic E-state index is -0.795. The number of rotatable bonds is 17. The van der Waals surface area contributed by atoms with Gasteiger partial charge in [-0.25, -0.2) is 4.79 Å². The minimum absolute atomic E-state index is 0.000195. The number of carbonyl (C=O) groups excluding carboxylic acids is 2. The Kier molecular flexibility index (Phi) is 13.6. The topological polar surface area (TPSA) is 102 Å². The summed E-state index contributed by atoms with van der Waals surface area (Å²) in [5, 5.41) is 2.95. The van der Waals surface area contributed by atoms with Crippen LogP contribution in [0.2, 0.25) is 0 Å². The van der Waals surface area contributed by atoms with Crippen LogP contribution in [0.5, 0.6) is 0 Å². The fourth-order valence-electron chi connectivity index (χ4n) is 6.25. The van der Waals surface area contributed by atoms with Crippen molar-refractivity contribution < 1.29 is 38.0 Å². The molecule has 1 aliphatic heterocycles. The van der Waals surface area contributed by atoms with E-state index in [1.807, 2.05) is 51.1 Å². The molecule has 1 unspecified atom stereocenters. The Hall–Kier alpha value is -3.24. The van der Waals surface area contributed by atoms with Gasteiger partial charge >= 0.3 is 5.97 Å². The third kappa shape index (κ3) is 10.4. The first-order chi connectivity index (χ1) is 22.9. The zero-order valence-corrected chi connectivity index (χ0v) is 29.9. The molecule has 48 heavy (non-hydrogen) atoms. The van der Waals surface area contributed by atoms with Gasteiger partial charge in [-0.3, -0.25) is 4.79 Å². The summed E-state index contributed by atoms with van der Waals surface area (Å²) in [6.45, 7) is 17.4. The maximum atomic E-state index is 13.6. The fraction of sp³-hybridized carbons (Fsp3) is 0.590. The molecular formula is C39H55NO8. The van der Waals surface area contributed by atoms with Crippen molar-refractivity contribution in [1.82, 2.24) is 5.32 Å². The number of hydrogen-bond acceptors (Lipinski definition) is 8. The molecular weight excluding hydrogens is 610 g/mol. The van der Waals surface area contributed by atoms with Gasteiger partial charge in [0, 0.05) is 6.04 Å². The fourth-order valence-corrected chi connectivity index (χ4v) is 6.25. The molecule has 264 valence electrons. The second kappa shape index (κ2) is 17.4. The SMILES string of the molecule is Cc1cc(C)c(C2=C(OCc3ccccc3)C3(CCC(OCCOCCOCCOCC(=O)NC(C)C(C)(C)C)CC3)OC2=O)c(C)c1. The summed E-state index contributed by atoms with van der Waals surface area (Å²) < 4.78 is 35.6. The number of ether oxygens (including phenoxy) is 6. The molecule has 1 spiro atoms. The Balaban J connectivity index is 1.19. The highest BCUT2D eigenvalue weighted by Crippen LogP contribution is 2.48. The number of amides is 1. The van der Waals surface area contributed by atoms with E-state index in [4.69, 9.17) is 28.4 Å². The monoisotopic (exact) mass is 665 g/mol. The first kappa shape index (κ1) is 37.6. The Morgan fingerprint density at radius 1 is 0.917 bits per heavy atom. The highest BCUT2D eigenvalue weighted by Gasteiger charge is 2.52. The van der Waals surface area contributed by atoms with Gasteiger partial charge in [-0.1, -0.05) is 68.8 Å². The summed E-state index contributed by atoms with van der Waals surface area (Å²) in [4.78, 5) is 25.5. The van der Waals surface area contributed by atoms with Crippen molar-refractivity contribution in [3.8, 4) is 0 Å². The Morgan fingerprint density at radius 2 is 1.50 bits per heavy atom. The van der Waals surface area contributed by atoms with Gasteiger partial charge in [0.15, 0.2) is 11.4 Å². The Bertz CT molecular complexity index is 1370. The van der Waals surface area contributed by atoms with E-state index >= 15 is 0 Å². The lowest BCUT2D eigenvalue weighted by atomic mass is 9.80. The van der Waals surface area contributed by atoms with Crippen LogP contribution in [0, 0.1) is 26.2 Å². The van der Waals surface area contributed by atoms with Gasteiger partial charge in [-0.15, -0.1) is 0 Å². The van der Waals surface area contributed by atoms with Gasteiger partial charge in [0.2, 0.25) is 5.91 Å². The maximum Gasteiger partial charge on any atom is 0.343 e. The van der Waals surface area contributed by atoms with Crippen molar-refractivity contribution in [2.24, 2.45) is 5.41 Å². The molecule has 4 rings (SSSR count). The van der Waals surface area contributed by atoms with Crippen LogP contribution < -0.4 is 5.32 Å². The number of hydrogen-bond donors (Lipinski definition) is 1. The number of benzene rings is 2. The van der Waals surface area contributed by atoms with E-state index in [-0.39, 0.29) is 36.0 Å². The molecule has 1 aliphatic carbocycles. The molecule has 0 saturated heterocycles. The molecule has 2 aromatic rings. The zero-order chi connectivity index (χ0) is 34.7.